The van der Waals surface area contributed by atoms with Gasteiger partial charge in [0.2, 0.25) is 0 Å². The number of halogens is 10. The Morgan fingerprint density at radius 2 is 1.17 bits per heavy atom. The third kappa shape index (κ3) is 8.77. The van der Waals surface area contributed by atoms with Crippen molar-refractivity contribution >= 4 is 22.6 Å². The first-order valence-electron chi connectivity index (χ1n) is 16.4. The van der Waals surface area contributed by atoms with E-state index in [4.69, 9.17) is 4.42 Å². The number of fused-ring (bicyclic) bond motifs is 1. The first-order chi connectivity index (χ1) is 27.3. The Morgan fingerprint density at radius 1 is 0.621 bits per heavy atom. The molecule has 0 radical (unpaired) electrons. The van der Waals surface area contributed by atoms with Crippen molar-refractivity contribution in [1.29, 1.82) is 0 Å². The maximum Gasteiger partial charge on any atom is 0.426 e. The van der Waals surface area contributed by atoms with Crippen LogP contribution < -0.4 is 16.6 Å². The molecule has 2 N–H and O–H groups in total. The summed E-state index contributed by atoms with van der Waals surface area (Å²) in [5, 5.41) is 12.0. The van der Waals surface area contributed by atoms with Gasteiger partial charge in [0.25, 0.3) is 11.5 Å². The molecule has 1 amide bonds. The van der Waals surface area contributed by atoms with Gasteiger partial charge in [0.1, 0.15) is 34.6 Å². The molecule has 0 saturated carbocycles. The molecule has 0 saturated heterocycles. The molecule has 296 valence electrons. The van der Waals surface area contributed by atoms with Crippen LogP contribution in [-0.4, -0.2) is 15.6 Å². The van der Waals surface area contributed by atoms with E-state index in [9.17, 15) is 63.4 Å². The number of amides is 1. The minimum Gasteiger partial charge on any atom is -0.507 e. The number of alkyl halides is 6. The van der Waals surface area contributed by atoms with Crippen LogP contribution in [0.4, 0.5) is 49.6 Å². The quantitative estimate of drug-likeness (QED) is 0.169. The molecule has 1 aromatic heterocycles. The van der Waals surface area contributed by atoms with Crippen LogP contribution >= 0.6 is 0 Å². The number of rotatable bonds is 5. The highest BCUT2D eigenvalue weighted by Gasteiger charge is 2.32. The molecule has 0 atom stereocenters. The topological polar surface area (TPSA) is 102 Å². The maximum atomic E-state index is 14.1. The van der Waals surface area contributed by atoms with E-state index in [2.05, 4.69) is 5.32 Å². The summed E-state index contributed by atoms with van der Waals surface area (Å²) in [5.74, 6) is -5.80. The minimum absolute atomic E-state index is 0.00508. The second kappa shape index (κ2) is 15.8. The smallest absolute Gasteiger partial charge is 0.426 e. The molecule has 7 nitrogen and oxygen atoms in total. The second-order valence-corrected chi connectivity index (χ2v) is 12.3. The summed E-state index contributed by atoms with van der Waals surface area (Å²) in [7, 11) is 0. The second-order valence-electron chi connectivity index (χ2n) is 12.3. The minimum atomic E-state index is -4.68. The number of anilines is 1. The molecule has 7 aromatic rings. The SMILES string of the molecule is O=C(Nc1cccc(C(F)(F)F)c1)c1cc(-c2ccc(F)cc2F)ccc1O.O=c1oc2ccc(-c3ccc(F)cc3F)cc2c(=O)n1-c1cccc(C(F)(F)F)c1. The molecule has 58 heavy (non-hydrogen) atoms. The molecule has 0 bridgehead atoms. The van der Waals surface area contributed by atoms with Crippen molar-refractivity contribution in [2.45, 2.75) is 12.4 Å². The molecule has 0 spiro atoms. The predicted octanol–water partition coefficient (Wildman–Crippen LogP) is 10.5. The zero-order chi connectivity index (χ0) is 42.1. The predicted molar refractivity (Wildman–Crippen MR) is 191 cm³/mol. The fourth-order valence-corrected chi connectivity index (χ4v) is 5.65. The third-order valence-electron chi connectivity index (χ3n) is 8.40. The van der Waals surface area contributed by atoms with E-state index in [0.29, 0.717) is 22.8 Å². The molecule has 0 aliphatic carbocycles. The van der Waals surface area contributed by atoms with Crippen LogP contribution in [0.3, 0.4) is 0 Å². The molecule has 6 aromatic carbocycles. The Kier molecular flexibility index (Phi) is 11.0. The van der Waals surface area contributed by atoms with E-state index in [-0.39, 0.29) is 50.2 Å². The van der Waals surface area contributed by atoms with Crippen LogP contribution in [0, 0.1) is 23.3 Å². The Labute approximate surface area is 318 Å². The van der Waals surface area contributed by atoms with Crippen molar-refractivity contribution in [1.82, 2.24) is 4.57 Å². The lowest BCUT2D eigenvalue weighted by Crippen LogP contribution is -2.31. The normalized spacial score (nSPS) is 11.6. The lowest BCUT2D eigenvalue weighted by atomic mass is 10.0. The Morgan fingerprint density at radius 3 is 1.76 bits per heavy atom. The van der Waals surface area contributed by atoms with Gasteiger partial charge in [-0.05, 0) is 96.1 Å². The van der Waals surface area contributed by atoms with Crippen molar-refractivity contribution in [3.63, 3.8) is 0 Å². The Balaban J connectivity index is 0.000000196. The first kappa shape index (κ1) is 40.5. The first-order valence-corrected chi connectivity index (χ1v) is 16.4. The number of nitrogens with zero attached hydrogens (tertiary/aromatic N) is 1. The van der Waals surface area contributed by atoms with E-state index in [1.54, 1.807) is 0 Å². The van der Waals surface area contributed by atoms with Gasteiger partial charge in [-0.2, -0.15) is 26.3 Å². The molecular weight excluding hydrogens is 790 g/mol. The number of carbonyl (C=O) groups excluding carboxylic acids is 1. The average Bonchev–Trinajstić information content (AvgIpc) is 3.15. The fourth-order valence-electron chi connectivity index (χ4n) is 5.65. The molecular formula is C41H22F10N2O5. The van der Waals surface area contributed by atoms with Gasteiger partial charge in [0.15, 0.2) is 0 Å². The van der Waals surface area contributed by atoms with Gasteiger partial charge in [-0.1, -0.05) is 24.3 Å². The number of phenolic OH excluding ortho intramolecular Hbond substituents is 1. The van der Waals surface area contributed by atoms with Gasteiger partial charge in [0.05, 0.1) is 27.8 Å². The van der Waals surface area contributed by atoms with E-state index in [0.717, 1.165) is 60.7 Å². The van der Waals surface area contributed by atoms with Gasteiger partial charge < -0.3 is 14.8 Å². The largest absolute Gasteiger partial charge is 0.507 e. The summed E-state index contributed by atoms with van der Waals surface area (Å²) in [6.07, 6.45) is -9.26. The monoisotopic (exact) mass is 812 g/mol. The summed E-state index contributed by atoms with van der Waals surface area (Å²) in [4.78, 5) is 37.6. The number of nitrogens with one attached hydrogen (secondary N) is 1. The highest BCUT2D eigenvalue weighted by Crippen LogP contribution is 2.33. The zero-order valence-electron chi connectivity index (χ0n) is 28.9. The van der Waals surface area contributed by atoms with Gasteiger partial charge in [-0.25, -0.2) is 26.9 Å². The van der Waals surface area contributed by atoms with Crippen LogP contribution in [0.2, 0.25) is 0 Å². The summed E-state index contributed by atoms with van der Waals surface area (Å²) >= 11 is 0. The van der Waals surface area contributed by atoms with Gasteiger partial charge in [-0.3, -0.25) is 9.59 Å². The summed E-state index contributed by atoms with van der Waals surface area (Å²) in [5.41, 5.74) is -3.43. The number of hydrogen-bond acceptors (Lipinski definition) is 5. The van der Waals surface area contributed by atoms with Crippen molar-refractivity contribution in [2.75, 3.05) is 5.32 Å². The molecule has 17 heteroatoms. The molecule has 1 heterocycles. The lowest BCUT2D eigenvalue weighted by molar-refractivity contribution is -0.138. The van der Waals surface area contributed by atoms with Crippen LogP contribution in [0.25, 0.3) is 38.9 Å². The van der Waals surface area contributed by atoms with Crippen molar-refractivity contribution in [2.24, 2.45) is 0 Å². The number of phenols is 1. The van der Waals surface area contributed by atoms with Gasteiger partial charge in [0, 0.05) is 28.9 Å². The van der Waals surface area contributed by atoms with Crippen LogP contribution in [-0.2, 0) is 12.4 Å². The molecule has 0 aliphatic rings. The van der Waals surface area contributed by atoms with Gasteiger partial charge in [-0.15, -0.1) is 0 Å². The molecule has 7 rings (SSSR count). The van der Waals surface area contributed by atoms with E-state index < -0.39 is 69.7 Å². The Hall–Kier alpha value is -7.17. The van der Waals surface area contributed by atoms with Crippen LogP contribution in [0.1, 0.15) is 21.5 Å². The van der Waals surface area contributed by atoms with E-state index in [1.165, 1.54) is 42.5 Å². The van der Waals surface area contributed by atoms with Crippen LogP contribution in [0.5, 0.6) is 5.75 Å². The number of carbonyl (C=O) groups is 1. The average molecular weight is 813 g/mol. The number of aromatic hydroxyl groups is 1. The Bertz CT molecular complexity index is 2830. The van der Waals surface area contributed by atoms with Crippen molar-refractivity contribution in [3.05, 3.63) is 182 Å². The highest BCUT2D eigenvalue weighted by molar-refractivity contribution is 6.07. The number of benzene rings is 6. The lowest BCUT2D eigenvalue weighted by Gasteiger charge is -2.12. The summed E-state index contributed by atoms with van der Waals surface area (Å²) < 4.78 is 137. The van der Waals surface area contributed by atoms with E-state index >= 15 is 0 Å². The van der Waals surface area contributed by atoms with Crippen molar-refractivity contribution < 1.29 is 58.2 Å². The third-order valence-corrected chi connectivity index (χ3v) is 8.40. The highest BCUT2D eigenvalue weighted by atomic mass is 19.4. The zero-order valence-corrected chi connectivity index (χ0v) is 28.9. The van der Waals surface area contributed by atoms with Crippen molar-refractivity contribution in [3.8, 4) is 33.7 Å². The molecule has 0 aliphatic heterocycles. The maximum absolute atomic E-state index is 14.1. The summed E-state index contributed by atoms with van der Waals surface area (Å²) in [6.45, 7) is 0. The fraction of sp³-hybridized carbons (Fsp3) is 0.0488. The van der Waals surface area contributed by atoms with Crippen LogP contribution in [0.15, 0.2) is 135 Å². The standard InChI is InChI=1S/C21H10F5NO3.C20H12F5NO2/c22-13-5-6-15(17(23)10-13)11-4-7-18-16(8-11)19(28)27(20(29)30-18)14-3-1-2-12(9-14)21(24,25)26;21-13-5-6-15(17(22)10-13)11-4-7-18(27)16(8-11)19(28)26-14-3-1-2-12(9-14)20(23,24)25/h1-10H;1-10,27H,(H,26,28). The number of hydrogen-bond donors (Lipinski definition) is 2. The summed E-state index contributed by atoms with van der Waals surface area (Å²) in [6, 6.07) is 20.9. The number of aromatic nitrogens is 1. The molecule has 0 fully saturated rings. The molecule has 0 unspecified atom stereocenters. The van der Waals surface area contributed by atoms with Gasteiger partial charge >= 0.3 is 18.1 Å². The van der Waals surface area contributed by atoms with E-state index in [1.807, 2.05) is 0 Å².